The van der Waals surface area contributed by atoms with E-state index < -0.39 is 11.8 Å². The first-order valence-corrected chi connectivity index (χ1v) is 4.91. The van der Waals surface area contributed by atoms with Gasteiger partial charge >= 0.3 is 0 Å². The van der Waals surface area contributed by atoms with E-state index in [0.29, 0.717) is 0 Å². The first-order valence-electron chi connectivity index (χ1n) is 4.91. The monoisotopic (exact) mass is 195 g/mol. The zero-order valence-corrected chi connectivity index (χ0v) is 7.69. The standard InChI is InChI=1S/C11H11F2N/c12-11(13)6-9(11)7-1-2-10-8(5-7)3-4-14-10/h1-2,5,9,14H,3-4,6H2. The Bertz CT molecular complexity index is 387. The molecule has 14 heavy (non-hydrogen) atoms. The average Bonchev–Trinajstić information content (AvgIpc) is 2.63. The average molecular weight is 195 g/mol. The molecule has 0 radical (unpaired) electrons. The van der Waals surface area contributed by atoms with E-state index >= 15 is 0 Å². The summed E-state index contributed by atoms with van der Waals surface area (Å²) in [5, 5.41) is 3.22. The van der Waals surface area contributed by atoms with E-state index in [1.807, 2.05) is 18.2 Å². The lowest BCUT2D eigenvalue weighted by atomic mass is 10.1. The van der Waals surface area contributed by atoms with Gasteiger partial charge in [0.05, 0.1) is 5.92 Å². The quantitative estimate of drug-likeness (QED) is 0.726. The molecule has 1 aromatic carbocycles. The summed E-state index contributed by atoms with van der Waals surface area (Å²) in [6.45, 7) is 0.930. The maximum absolute atomic E-state index is 12.8. The maximum atomic E-state index is 12.8. The highest BCUT2D eigenvalue weighted by atomic mass is 19.3. The predicted molar refractivity (Wildman–Crippen MR) is 50.9 cm³/mol. The molecule has 1 aliphatic heterocycles. The summed E-state index contributed by atoms with van der Waals surface area (Å²) < 4.78 is 25.6. The zero-order chi connectivity index (χ0) is 9.76. The van der Waals surface area contributed by atoms with Crippen LogP contribution in [0.5, 0.6) is 0 Å². The molecule has 1 unspecified atom stereocenters. The van der Waals surface area contributed by atoms with E-state index in [2.05, 4.69) is 5.32 Å². The van der Waals surface area contributed by atoms with Gasteiger partial charge in [-0.3, -0.25) is 0 Å². The maximum Gasteiger partial charge on any atom is 0.255 e. The van der Waals surface area contributed by atoms with Gasteiger partial charge < -0.3 is 5.32 Å². The zero-order valence-electron chi connectivity index (χ0n) is 7.69. The number of alkyl halides is 2. The lowest BCUT2D eigenvalue weighted by Crippen LogP contribution is -1.93. The molecule has 2 aliphatic rings. The largest absolute Gasteiger partial charge is 0.384 e. The van der Waals surface area contributed by atoms with Crippen LogP contribution in [0.1, 0.15) is 23.5 Å². The van der Waals surface area contributed by atoms with Crippen LogP contribution in [0.2, 0.25) is 0 Å². The Morgan fingerprint density at radius 2 is 2.14 bits per heavy atom. The van der Waals surface area contributed by atoms with Crippen LogP contribution >= 0.6 is 0 Å². The first kappa shape index (κ1) is 8.21. The third kappa shape index (κ3) is 1.11. The molecule has 1 saturated carbocycles. The van der Waals surface area contributed by atoms with Crippen molar-refractivity contribution >= 4 is 5.69 Å². The molecule has 0 amide bonds. The summed E-state index contributed by atoms with van der Waals surface area (Å²) in [7, 11) is 0. The molecule has 1 nitrogen and oxygen atoms in total. The van der Waals surface area contributed by atoms with Crippen LogP contribution in [0.3, 0.4) is 0 Å². The van der Waals surface area contributed by atoms with Crippen LogP contribution in [-0.4, -0.2) is 12.5 Å². The van der Waals surface area contributed by atoms with Crippen molar-refractivity contribution in [3.05, 3.63) is 29.3 Å². The minimum Gasteiger partial charge on any atom is -0.384 e. The van der Waals surface area contributed by atoms with Gasteiger partial charge in [-0.1, -0.05) is 12.1 Å². The summed E-state index contributed by atoms with van der Waals surface area (Å²) in [5.41, 5.74) is 3.10. The highest BCUT2D eigenvalue weighted by Gasteiger charge is 2.57. The third-order valence-corrected chi connectivity index (χ3v) is 3.07. The summed E-state index contributed by atoms with van der Waals surface area (Å²) in [6.07, 6.45) is 0.987. The van der Waals surface area contributed by atoms with Crippen LogP contribution in [0.15, 0.2) is 18.2 Å². The normalized spacial score (nSPS) is 26.9. The van der Waals surface area contributed by atoms with Gasteiger partial charge in [0.25, 0.3) is 5.92 Å². The molecule has 1 aliphatic carbocycles. The van der Waals surface area contributed by atoms with E-state index in [4.69, 9.17) is 0 Å². The van der Waals surface area contributed by atoms with Crippen molar-refractivity contribution in [3.63, 3.8) is 0 Å². The molecule has 0 spiro atoms. The lowest BCUT2D eigenvalue weighted by Gasteiger charge is -2.03. The van der Waals surface area contributed by atoms with Gasteiger partial charge in [0.1, 0.15) is 0 Å². The predicted octanol–water partition coefficient (Wildman–Crippen LogP) is 2.78. The molecule has 74 valence electrons. The molecule has 1 heterocycles. The second-order valence-electron chi connectivity index (χ2n) is 4.11. The molecule has 0 saturated heterocycles. The SMILES string of the molecule is FC1(F)CC1c1ccc2c(c1)CCN2. The number of hydrogen-bond acceptors (Lipinski definition) is 1. The Morgan fingerprint density at radius 1 is 1.36 bits per heavy atom. The fourth-order valence-corrected chi connectivity index (χ4v) is 2.12. The summed E-state index contributed by atoms with van der Waals surface area (Å²) in [5.74, 6) is -2.96. The Hall–Kier alpha value is -1.12. The Balaban J connectivity index is 1.94. The highest BCUT2D eigenvalue weighted by molar-refractivity contribution is 5.57. The Kier molecular flexibility index (Phi) is 1.45. The summed E-state index contributed by atoms with van der Waals surface area (Å²) in [6, 6.07) is 5.68. The fourth-order valence-electron chi connectivity index (χ4n) is 2.12. The lowest BCUT2D eigenvalue weighted by molar-refractivity contribution is 0.112. The molecular formula is C11H11F2N. The van der Waals surface area contributed by atoms with E-state index in [-0.39, 0.29) is 6.42 Å². The minimum atomic E-state index is -2.44. The topological polar surface area (TPSA) is 12.0 Å². The second-order valence-corrected chi connectivity index (χ2v) is 4.11. The van der Waals surface area contributed by atoms with Gasteiger partial charge in [-0.2, -0.15) is 0 Å². The van der Waals surface area contributed by atoms with Gasteiger partial charge in [-0.25, -0.2) is 8.78 Å². The van der Waals surface area contributed by atoms with Crippen LogP contribution in [0.4, 0.5) is 14.5 Å². The van der Waals surface area contributed by atoms with Crippen LogP contribution in [-0.2, 0) is 6.42 Å². The van der Waals surface area contributed by atoms with Crippen LogP contribution < -0.4 is 5.32 Å². The Morgan fingerprint density at radius 3 is 2.86 bits per heavy atom. The number of halogens is 2. The fraction of sp³-hybridized carbons (Fsp3) is 0.455. The number of hydrogen-bond donors (Lipinski definition) is 1. The van der Waals surface area contributed by atoms with Gasteiger partial charge in [0, 0.05) is 18.7 Å². The number of nitrogens with one attached hydrogen (secondary N) is 1. The van der Waals surface area contributed by atoms with Crippen molar-refractivity contribution in [2.45, 2.75) is 24.7 Å². The van der Waals surface area contributed by atoms with Gasteiger partial charge in [-0.05, 0) is 23.6 Å². The molecule has 3 heteroatoms. The molecule has 1 atom stereocenters. The van der Waals surface area contributed by atoms with E-state index in [1.165, 1.54) is 5.56 Å². The van der Waals surface area contributed by atoms with Gasteiger partial charge in [0.15, 0.2) is 0 Å². The van der Waals surface area contributed by atoms with Crippen molar-refractivity contribution in [1.29, 1.82) is 0 Å². The smallest absolute Gasteiger partial charge is 0.255 e. The van der Waals surface area contributed by atoms with Crippen molar-refractivity contribution in [2.24, 2.45) is 0 Å². The van der Waals surface area contributed by atoms with Crippen LogP contribution in [0, 0.1) is 0 Å². The molecule has 3 rings (SSSR count). The third-order valence-electron chi connectivity index (χ3n) is 3.07. The van der Waals surface area contributed by atoms with E-state index in [9.17, 15) is 8.78 Å². The number of anilines is 1. The molecule has 0 bridgehead atoms. The van der Waals surface area contributed by atoms with E-state index in [0.717, 1.165) is 24.2 Å². The number of rotatable bonds is 1. The van der Waals surface area contributed by atoms with Crippen molar-refractivity contribution in [2.75, 3.05) is 11.9 Å². The van der Waals surface area contributed by atoms with Gasteiger partial charge in [0.2, 0.25) is 0 Å². The second kappa shape index (κ2) is 2.47. The number of fused-ring (bicyclic) bond motifs is 1. The minimum absolute atomic E-state index is 0.0270. The molecule has 1 aromatic rings. The summed E-state index contributed by atoms with van der Waals surface area (Å²) >= 11 is 0. The molecular weight excluding hydrogens is 184 g/mol. The van der Waals surface area contributed by atoms with Crippen LogP contribution in [0.25, 0.3) is 0 Å². The highest BCUT2D eigenvalue weighted by Crippen LogP contribution is 2.56. The number of benzene rings is 1. The van der Waals surface area contributed by atoms with Gasteiger partial charge in [-0.15, -0.1) is 0 Å². The van der Waals surface area contributed by atoms with Crippen molar-refractivity contribution in [1.82, 2.24) is 0 Å². The summed E-state index contributed by atoms with van der Waals surface area (Å²) in [4.78, 5) is 0. The Labute approximate surface area is 81.1 Å². The molecule has 1 N–H and O–H groups in total. The molecule has 0 aromatic heterocycles. The van der Waals surface area contributed by atoms with Crippen molar-refractivity contribution < 1.29 is 8.78 Å². The molecule has 1 fully saturated rings. The van der Waals surface area contributed by atoms with Crippen molar-refractivity contribution in [3.8, 4) is 0 Å². The van der Waals surface area contributed by atoms with E-state index in [1.54, 1.807) is 0 Å². The first-order chi connectivity index (χ1) is 6.67.